The molecule has 0 saturated carbocycles. The molecule has 0 aliphatic rings. The number of hydrogen-bond acceptors (Lipinski definition) is 3. The van der Waals surface area contributed by atoms with E-state index in [1.165, 1.54) is 16.8 Å². The molecule has 0 aliphatic heterocycles. The molecule has 0 saturated heterocycles. The van der Waals surface area contributed by atoms with E-state index in [9.17, 15) is 9.59 Å². The topological polar surface area (TPSA) is 91.6 Å². The third kappa shape index (κ3) is 3.47. The second kappa shape index (κ2) is 5.70. The summed E-state index contributed by atoms with van der Waals surface area (Å²) in [5.41, 5.74) is 0.263. The molecule has 1 atom stereocenters. The minimum absolute atomic E-state index is 0.0424. The van der Waals surface area contributed by atoms with Crippen LogP contribution in [0.5, 0.6) is 0 Å². The lowest BCUT2D eigenvalue weighted by Gasteiger charge is -2.13. The standard InChI is InChI=1S/C10H13ClN2O4/c1-13-5-6(11)4-8(13)9(15)12-7(2-3-14)10(16)17/h4-5,7,14H,2-3H2,1H3,(H,12,15)(H,16,17)/t7-/m0/s1. The van der Waals surface area contributed by atoms with Crippen LogP contribution in [-0.2, 0) is 11.8 Å². The highest BCUT2D eigenvalue weighted by molar-refractivity contribution is 6.31. The van der Waals surface area contributed by atoms with Crippen LogP contribution in [0.15, 0.2) is 12.3 Å². The number of carboxylic acids is 1. The lowest BCUT2D eigenvalue weighted by Crippen LogP contribution is -2.41. The SMILES string of the molecule is Cn1cc(Cl)cc1C(=O)N[C@@H](CCO)C(=O)O. The normalized spacial score (nSPS) is 12.2. The molecule has 0 aliphatic carbocycles. The Hall–Kier alpha value is -1.53. The van der Waals surface area contributed by atoms with Crippen molar-refractivity contribution in [3.63, 3.8) is 0 Å². The number of nitrogens with one attached hydrogen (secondary N) is 1. The first-order valence-electron chi connectivity index (χ1n) is 4.92. The second-order valence-corrected chi connectivity index (χ2v) is 3.97. The molecule has 94 valence electrons. The molecule has 0 spiro atoms. The monoisotopic (exact) mass is 260 g/mol. The van der Waals surface area contributed by atoms with Gasteiger partial charge >= 0.3 is 5.97 Å². The number of carboxylic acid groups (broad SMARTS) is 1. The molecule has 0 bridgehead atoms. The van der Waals surface area contributed by atoms with Crippen LogP contribution in [-0.4, -0.2) is 39.3 Å². The zero-order chi connectivity index (χ0) is 13.0. The lowest BCUT2D eigenvalue weighted by molar-refractivity contribution is -0.139. The summed E-state index contributed by atoms with van der Waals surface area (Å²) in [7, 11) is 1.63. The van der Waals surface area contributed by atoms with Crippen LogP contribution in [0.25, 0.3) is 0 Å². The van der Waals surface area contributed by atoms with Crippen LogP contribution in [0, 0.1) is 0 Å². The summed E-state index contributed by atoms with van der Waals surface area (Å²) in [6, 6.07) is 0.329. The maximum Gasteiger partial charge on any atom is 0.326 e. The number of aliphatic hydroxyl groups is 1. The molecule has 0 fully saturated rings. The Morgan fingerprint density at radius 1 is 1.59 bits per heavy atom. The number of hydrogen-bond donors (Lipinski definition) is 3. The van der Waals surface area contributed by atoms with E-state index in [-0.39, 0.29) is 18.7 Å². The van der Waals surface area contributed by atoms with Crippen LogP contribution in [0.4, 0.5) is 0 Å². The van der Waals surface area contributed by atoms with E-state index in [1.807, 2.05) is 0 Å². The maximum absolute atomic E-state index is 11.7. The molecule has 1 amide bonds. The van der Waals surface area contributed by atoms with Crippen molar-refractivity contribution in [2.75, 3.05) is 6.61 Å². The van der Waals surface area contributed by atoms with E-state index in [0.717, 1.165) is 0 Å². The number of aliphatic carboxylic acids is 1. The van der Waals surface area contributed by atoms with Crippen molar-refractivity contribution in [2.24, 2.45) is 7.05 Å². The Balaban J connectivity index is 2.77. The highest BCUT2D eigenvalue weighted by Gasteiger charge is 2.21. The molecule has 6 nitrogen and oxygen atoms in total. The van der Waals surface area contributed by atoms with Crippen molar-refractivity contribution in [1.82, 2.24) is 9.88 Å². The van der Waals surface area contributed by atoms with Gasteiger partial charge in [0.15, 0.2) is 0 Å². The van der Waals surface area contributed by atoms with E-state index < -0.39 is 17.9 Å². The van der Waals surface area contributed by atoms with E-state index in [2.05, 4.69) is 5.32 Å². The quantitative estimate of drug-likeness (QED) is 0.707. The van der Waals surface area contributed by atoms with E-state index >= 15 is 0 Å². The average molecular weight is 261 g/mol. The van der Waals surface area contributed by atoms with E-state index in [4.69, 9.17) is 21.8 Å². The third-order valence-corrected chi connectivity index (χ3v) is 2.43. The lowest BCUT2D eigenvalue weighted by atomic mass is 10.2. The van der Waals surface area contributed by atoms with Crippen molar-refractivity contribution in [2.45, 2.75) is 12.5 Å². The number of nitrogens with zero attached hydrogens (tertiary/aromatic N) is 1. The van der Waals surface area contributed by atoms with Gasteiger partial charge in [-0.3, -0.25) is 4.79 Å². The number of halogens is 1. The van der Waals surface area contributed by atoms with E-state index in [0.29, 0.717) is 5.02 Å². The second-order valence-electron chi connectivity index (χ2n) is 3.53. The maximum atomic E-state index is 11.7. The summed E-state index contributed by atoms with van der Waals surface area (Å²) in [5.74, 6) is -1.73. The molecule has 17 heavy (non-hydrogen) atoms. The number of aliphatic hydroxyl groups excluding tert-OH is 1. The van der Waals surface area contributed by atoms with Crippen molar-refractivity contribution >= 4 is 23.5 Å². The van der Waals surface area contributed by atoms with Gasteiger partial charge in [0, 0.05) is 26.3 Å². The summed E-state index contributed by atoms with van der Waals surface area (Å²) in [6.07, 6.45) is 1.50. The largest absolute Gasteiger partial charge is 0.480 e. The molecule has 1 heterocycles. The van der Waals surface area contributed by atoms with Gasteiger partial charge in [0.25, 0.3) is 5.91 Å². The molecular formula is C10H13ClN2O4. The summed E-state index contributed by atoms with van der Waals surface area (Å²) < 4.78 is 1.50. The van der Waals surface area contributed by atoms with Gasteiger partial charge in [0.2, 0.25) is 0 Å². The summed E-state index contributed by atoms with van der Waals surface area (Å²) >= 11 is 5.71. The molecule has 1 aromatic heterocycles. The summed E-state index contributed by atoms with van der Waals surface area (Å²) in [6.45, 7) is -0.314. The predicted octanol–water partition coefficient (Wildman–Crippen LogP) is 0.244. The molecule has 0 unspecified atom stereocenters. The molecule has 3 N–H and O–H groups in total. The summed E-state index contributed by atoms with van der Waals surface area (Å²) in [5, 5.41) is 20.2. The molecule has 0 radical (unpaired) electrons. The highest BCUT2D eigenvalue weighted by Crippen LogP contribution is 2.12. The summed E-state index contributed by atoms with van der Waals surface area (Å²) in [4.78, 5) is 22.5. The highest BCUT2D eigenvalue weighted by atomic mass is 35.5. The Morgan fingerprint density at radius 3 is 2.65 bits per heavy atom. The zero-order valence-corrected chi connectivity index (χ0v) is 9.94. The number of rotatable bonds is 5. The van der Waals surface area contributed by atoms with Crippen LogP contribution in [0.3, 0.4) is 0 Å². The van der Waals surface area contributed by atoms with Crippen LogP contribution in [0.1, 0.15) is 16.9 Å². The van der Waals surface area contributed by atoms with Gasteiger partial charge in [-0.2, -0.15) is 0 Å². The molecular weight excluding hydrogens is 248 g/mol. The van der Waals surface area contributed by atoms with Crippen LogP contribution >= 0.6 is 11.6 Å². The van der Waals surface area contributed by atoms with Crippen molar-refractivity contribution < 1.29 is 19.8 Å². The van der Waals surface area contributed by atoms with Gasteiger partial charge in [-0.15, -0.1) is 0 Å². The zero-order valence-electron chi connectivity index (χ0n) is 9.18. The fraction of sp³-hybridized carbons (Fsp3) is 0.400. The minimum atomic E-state index is -1.19. The molecule has 1 rings (SSSR count). The number of carbonyl (C=O) groups is 2. The number of aryl methyl sites for hydroxylation is 1. The van der Waals surface area contributed by atoms with Crippen molar-refractivity contribution in [1.29, 1.82) is 0 Å². The van der Waals surface area contributed by atoms with Gasteiger partial charge in [0.1, 0.15) is 11.7 Å². The Labute approximate surface area is 103 Å². The van der Waals surface area contributed by atoms with Gasteiger partial charge < -0.3 is 20.1 Å². The number of carbonyl (C=O) groups excluding carboxylic acids is 1. The minimum Gasteiger partial charge on any atom is -0.480 e. The van der Waals surface area contributed by atoms with Crippen molar-refractivity contribution in [3.05, 3.63) is 23.0 Å². The molecule has 0 aromatic carbocycles. The van der Waals surface area contributed by atoms with Gasteiger partial charge in [0.05, 0.1) is 5.02 Å². The van der Waals surface area contributed by atoms with Gasteiger partial charge in [-0.05, 0) is 6.07 Å². The molecule has 1 aromatic rings. The van der Waals surface area contributed by atoms with Crippen molar-refractivity contribution in [3.8, 4) is 0 Å². The van der Waals surface area contributed by atoms with Crippen LogP contribution < -0.4 is 5.32 Å². The van der Waals surface area contributed by atoms with Gasteiger partial charge in [-0.25, -0.2) is 4.79 Å². The average Bonchev–Trinajstić information content (AvgIpc) is 2.57. The smallest absolute Gasteiger partial charge is 0.326 e. The fourth-order valence-corrected chi connectivity index (χ4v) is 1.62. The number of amides is 1. The predicted molar refractivity (Wildman–Crippen MR) is 61.0 cm³/mol. The Kier molecular flexibility index (Phi) is 4.53. The Morgan fingerprint density at radius 2 is 2.24 bits per heavy atom. The fourth-order valence-electron chi connectivity index (χ4n) is 1.37. The molecule has 7 heteroatoms. The first-order chi connectivity index (χ1) is 7.95. The van der Waals surface area contributed by atoms with Gasteiger partial charge in [-0.1, -0.05) is 11.6 Å². The Bertz CT molecular complexity index is 430. The van der Waals surface area contributed by atoms with Crippen LogP contribution in [0.2, 0.25) is 5.02 Å². The first-order valence-corrected chi connectivity index (χ1v) is 5.30. The third-order valence-electron chi connectivity index (χ3n) is 2.23. The first kappa shape index (κ1) is 13.5. The number of aromatic nitrogens is 1. The van der Waals surface area contributed by atoms with E-state index in [1.54, 1.807) is 7.05 Å².